The Balaban J connectivity index is 1.74. The fourth-order valence-electron chi connectivity index (χ4n) is 4.84. The molecule has 4 rings (SSSR count). The molecule has 1 fully saturated rings. The van der Waals surface area contributed by atoms with E-state index in [1.54, 1.807) is 25.7 Å². The number of hydrogen-bond acceptors (Lipinski definition) is 4. The normalized spacial score (nSPS) is 14.5. The second-order valence-corrected chi connectivity index (χ2v) is 11.9. The van der Waals surface area contributed by atoms with E-state index >= 15 is 0 Å². The van der Waals surface area contributed by atoms with Gasteiger partial charge in [0.25, 0.3) is 5.91 Å². The lowest BCUT2D eigenvalue weighted by Gasteiger charge is -2.35. The number of carbonyl (C=O) groups excluding carboxylic acids is 3. The molecule has 0 bridgehead atoms. The first-order valence-corrected chi connectivity index (χ1v) is 14.2. The highest BCUT2D eigenvalue weighted by Gasteiger charge is 2.44. The molecule has 0 heterocycles. The third-order valence-corrected chi connectivity index (χ3v) is 7.24. The summed E-state index contributed by atoms with van der Waals surface area (Å²) in [7, 11) is 0. The minimum atomic E-state index is -0.923. The van der Waals surface area contributed by atoms with Gasteiger partial charge in [-0.05, 0) is 88.3 Å². The van der Waals surface area contributed by atoms with Crippen molar-refractivity contribution in [2.75, 3.05) is 5.32 Å². The van der Waals surface area contributed by atoms with Crippen LogP contribution in [0.4, 0.5) is 10.5 Å². The predicted molar refractivity (Wildman–Crippen MR) is 162 cm³/mol. The van der Waals surface area contributed by atoms with Crippen LogP contribution >= 0.6 is 0 Å². The van der Waals surface area contributed by atoms with Gasteiger partial charge < -0.3 is 20.3 Å². The van der Waals surface area contributed by atoms with Crippen molar-refractivity contribution in [3.63, 3.8) is 0 Å². The number of benzene rings is 3. The number of amides is 3. The van der Waals surface area contributed by atoms with Gasteiger partial charge in [0, 0.05) is 18.2 Å². The molecule has 2 N–H and O–H groups in total. The largest absolute Gasteiger partial charge is 0.444 e. The maximum atomic E-state index is 14.5. The lowest BCUT2D eigenvalue weighted by molar-refractivity contribution is -0.141. The Hall–Kier alpha value is -4.13. The smallest absolute Gasteiger partial charge is 0.408 e. The van der Waals surface area contributed by atoms with Crippen molar-refractivity contribution in [1.29, 1.82) is 0 Å². The monoisotopic (exact) mass is 555 g/mol. The SMILES string of the molecule is Cc1ccc(C(C(=O)Nc2ccccc2C)N(C(=O)C(Cc2ccccc2)NC(=O)OC(C)(C)C)C2CC2)cc1C. The number of carbonyl (C=O) groups is 3. The summed E-state index contributed by atoms with van der Waals surface area (Å²) in [5, 5.41) is 5.90. The van der Waals surface area contributed by atoms with Gasteiger partial charge in [-0.15, -0.1) is 0 Å². The molecule has 1 saturated carbocycles. The maximum absolute atomic E-state index is 14.5. The van der Waals surface area contributed by atoms with Gasteiger partial charge in [0.1, 0.15) is 17.7 Å². The molecule has 3 aromatic carbocycles. The highest BCUT2D eigenvalue weighted by Crippen LogP contribution is 2.37. The Bertz CT molecular complexity index is 1390. The van der Waals surface area contributed by atoms with Crippen LogP contribution in [0.2, 0.25) is 0 Å². The molecule has 1 aliphatic carbocycles. The van der Waals surface area contributed by atoms with Gasteiger partial charge in [-0.25, -0.2) is 4.79 Å². The number of ether oxygens (including phenoxy) is 1. The first-order chi connectivity index (χ1) is 19.4. The number of anilines is 1. The summed E-state index contributed by atoms with van der Waals surface area (Å²) in [5.41, 5.74) is 4.66. The Morgan fingerprint density at radius 3 is 2.15 bits per heavy atom. The Kier molecular flexibility index (Phi) is 9.16. The van der Waals surface area contributed by atoms with E-state index in [0.717, 1.165) is 40.7 Å². The molecular formula is C34H41N3O4. The van der Waals surface area contributed by atoms with Gasteiger partial charge in [0.05, 0.1) is 0 Å². The Morgan fingerprint density at radius 1 is 0.878 bits per heavy atom. The number of nitrogens with one attached hydrogen (secondary N) is 2. The average molecular weight is 556 g/mol. The molecule has 0 spiro atoms. The third kappa shape index (κ3) is 7.97. The second-order valence-electron chi connectivity index (χ2n) is 11.9. The summed E-state index contributed by atoms with van der Waals surface area (Å²) >= 11 is 0. The third-order valence-electron chi connectivity index (χ3n) is 7.24. The molecule has 1 aliphatic rings. The Morgan fingerprint density at radius 2 is 1.54 bits per heavy atom. The van der Waals surface area contributed by atoms with Crippen molar-refractivity contribution in [3.05, 3.63) is 101 Å². The fourth-order valence-corrected chi connectivity index (χ4v) is 4.84. The predicted octanol–water partition coefficient (Wildman–Crippen LogP) is 6.42. The number of alkyl carbamates (subject to hydrolysis) is 1. The second kappa shape index (κ2) is 12.6. The van der Waals surface area contributed by atoms with Crippen molar-refractivity contribution < 1.29 is 19.1 Å². The maximum Gasteiger partial charge on any atom is 0.408 e. The van der Waals surface area contributed by atoms with Gasteiger partial charge >= 0.3 is 6.09 Å². The highest BCUT2D eigenvalue weighted by atomic mass is 16.6. The summed E-state index contributed by atoms with van der Waals surface area (Å²) in [6, 6.07) is 21.1. The molecule has 0 saturated heterocycles. The number of hydrogen-bond donors (Lipinski definition) is 2. The lowest BCUT2D eigenvalue weighted by Crippen LogP contribution is -2.54. The first-order valence-electron chi connectivity index (χ1n) is 14.2. The molecule has 7 heteroatoms. The zero-order valence-corrected chi connectivity index (χ0v) is 24.9. The number of aryl methyl sites for hydroxylation is 3. The minimum absolute atomic E-state index is 0.115. The van der Waals surface area contributed by atoms with Gasteiger partial charge in [-0.1, -0.05) is 66.7 Å². The zero-order valence-electron chi connectivity index (χ0n) is 24.9. The topological polar surface area (TPSA) is 87.7 Å². The van der Waals surface area contributed by atoms with Gasteiger partial charge in [-0.3, -0.25) is 9.59 Å². The quantitative estimate of drug-likeness (QED) is 0.319. The molecule has 0 radical (unpaired) electrons. The van der Waals surface area contributed by atoms with Crippen LogP contribution in [0.5, 0.6) is 0 Å². The molecule has 0 aliphatic heterocycles. The van der Waals surface area contributed by atoms with Crippen molar-refractivity contribution in [2.24, 2.45) is 0 Å². The van der Waals surface area contributed by atoms with Crippen molar-refractivity contribution in [1.82, 2.24) is 10.2 Å². The van der Waals surface area contributed by atoms with E-state index in [9.17, 15) is 14.4 Å². The summed E-state index contributed by atoms with van der Waals surface area (Å²) < 4.78 is 5.53. The van der Waals surface area contributed by atoms with E-state index < -0.39 is 23.8 Å². The standard InChI is InChI=1S/C34H41N3O4/c1-22-16-17-26(20-24(22)3)30(31(38)35-28-15-11-10-12-23(28)2)37(27-18-19-27)32(39)29(21-25-13-8-7-9-14-25)36-33(40)41-34(4,5)6/h7-17,20,27,29-30H,18-19,21H2,1-6H3,(H,35,38)(H,36,40). The van der Waals surface area contributed by atoms with Gasteiger partial charge in [-0.2, -0.15) is 0 Å². The van der Waals surface area contributed by atoms with Crippen LogP contribution in [-0.2, 0) is 20.7 Å². The lowest BCUT2D eigenvalue weighted by atomic mass is 9.97. The molecule has 7 nitrogen and oxygen atoms in total. The molecule has 3 aromatic rings. The van der Waals surface area contributed by atoms with E-state index in [1.165, 1.54) is 0 Å². The molecule has 0 aromatic heterocycles. The van der Waals surface area contributed by atoms with E-state index in [-0.39, 0.29) is 24.3 Å². The van der Waals surface area contributed by atoms with Crippen LogP contribution in [0.25, 0.3) is 0 Å². The van der Waals surface area contributed by atoms with Crippen LogP contribution in [0.15, 0.2) is 72.8 Å². The molecule has 3 amide bonds. The summed E-state index contributed by atoms with van der Waals surface area (Å²) in [6.07, 6.45) is 1.17. The van der Waals surface area contributed by atoms with Crippen molar-refractivity contribution in [2.45, 2.75) is 84.5 Å². The summed E-state index contributed by atoms with van der Waals surface area (Å²) in [4.78, 5) is 43.2. The van der Waals surface area contributed by atoms with E-state index in [1.807, 2.05) is 93.6 Å². The number of para-hydroxylation sites is 1. The molecule has 41 heavy (non-hydrogen) atoms. The van der Waals surface area contributed by atoms with E-state index in [0.29, 0.717) is 5.69 Å². The Labute approximate surface area is 243 Å². The van der Waals surface area contributed by atoms with Crippen LogP contribution < -0.4 is 10.6 Å². The zero-order chi connectivity index (χ0) is 29.7. The summed E-state index contributed by atoms with van der Waals surface area (Å²) in [5.74, 6) is -0.607. The highest BCUT2D eigenvalue weighted by molar-refractivity contribution is 5.99. The average Bonchev–Trinajstić information content (AvgIpc) is 3.74. The molecule has 2 atom stereocenters. The van der Waals surface area contributed by atoms with Crippen LogP contribution in [-0.4, -0.2) is 40.5 Å². The van der Waals surface area contributed by atoms with Gasteiger partial charge in [0.15, 0.2) is 0 Å². The van der Waals surface area contributed by atoms with Crippen LogP contribution in [0.3, 0.4) is 0 Å². The van der Waals surface area contributed by atoms with E-state index in [2.05, 4.69) is 10.6 Å². The van der Waals surface area contributed by atoms with Gasteiger partial charge in [0.2, 0.25) is 5.91 Å². The molecular weight excluding hydrogens is 514 g/mol. The van der Waals surface area contributed by atoms with Crippen LogP contribution in [0.1, 0.15) is 67.5 Å². The summed E-state index contributed by atoms with van der Waals surface area (Å²) in [6.45, 7) is 11.3. The fraction of sp³-hybridized carbons (Fsp3) is 0.382. The number of nitrogens with zero attached hydrogens (tertiary/aromatic N) is 1. The van der Waals surface area contributed by atoms with Crippen molar-refractivity contribution >= 4 is 23.6 Å². The van der Waals surface area contributed by atoms with E-state index in [4.69, 9.17) is 4.74 Å². The molecule has 216 valence electrons. The van der Waals surface area contributed by atoms with Crippen molar-refractivity contribution in [3.8, 4) is 0 Å². The molecule has 2 unspecified atom stereocenters. The van der Waals surface area contributed by atoms with Crippen LogP contribution in [0, 0.1) is 20.8 Å². The first kappa shape index (κ1) is 29.8. The minimum Gasteiger partial charge on any atom is -0.444 e. The number of rotatable bonds is 9.